The van der Waals surface area contributed by atoms with Gasteiger partial charge >= 0.3 is 0 Å². The fraction of sp³-hybridized carbons (Fsp3) is 0.394. The Balaban J connectivity index is 1.59. The third-order valence-corrected chi connectivity index (χ3v) is 7.61. The molecule has 1 saturated heterocycles. The van der Waals surface area contributed by atoms with Gasteiger partial charge in [-0.05, 0) is 71.8 Å². The van der Waals surface area contributed by atoms with Crippen LogP contribution in [0.1, 0.15) is 41.7 Å². The Bertz CT molecular complexity index is 1320. The van der Waals surface area contributed by atoms with Gasteiger partial charge in [0.25, 0.3) is 0 Å². The van der Waals surface area contributed by atoms with E-state index in [2.05, 4.69) is 12.2 Å². The number of rotatable bonds is 12. The molecule has 1 heterocycles. The molecular formula is C33H40O8. The van der Waals surface area contributed by atoms with Crippen molar-refractivity contribution in [1.82, 2.24) is 0 Å². The third-order valence-electron chi connectivity index (χ3n) is 7.61. The van der Waals surface area contributed by atoms with Crippen molar-refractivity contribution in [2.24, 2.45) is 11.8 Å². The van der Waals surface area contributed by atoms with E-state index in [1.165, 1.54) is 0 Å². The molecule has 8 nitrogen and oxygen atoms in total. The molecule has 1 N–H and O–H groups in total. The molecule has 41 heavy (non-hydrogen) atoms. The van der Waals surface area contributed by atoms with Crippen molar-refractivity contribution in [3.63, 3.8) is 0 Å². The second kappa shape index (κ2) is 14.1. The molecule has 0 amide bonds. The number of hydrogen-bond donors (Lipinski definition) is 1. The van der Waals surface area contributed by atoms with Crippen molar-refractivity contribution in [3.8, 4) is 34.5 Å². The zero-order valence-corrected chi connectivity index (χ0v) is 24.6. The van der Waals surface area contributed by atoms with Gasteiger partial charge in [-0.25, -0.2) is 0 Å². The van der Waals surface area contributed by atoms with Crippen molar-refractivity contribution in [1.29, 1.82) is 0 Å². The first-order valence-electron chi connectivity index (χ1n) is 13.6. The van der Waals surface area contributed by atoms with Gasteiger partial charge in [0.05, 0.1) is 61.5 Å². The number of methoxy groups -OCH3 is 6. The van der Waals surface area contributed by atoms with E-state index in [4.69, 9.17) is 33.2 Å². The van der Waals surface area contributed by atoms with Crippen LogP contribution in [-0.2, 0) is 4.74 Å². The lowest BCUT2D eigenvalue weighted by Crippen LogP contribution is -2.32. The van der Waals surface area contributed by atoms with Crippen LogP contribution < -0.4 is 28.4 Å². The van der Waals surface area contributed by atoms with Crippen LogP contribution in [0, 0.1) is 11.8 Å². The maximum Gasteiger partial charge on any atom is 0.161 e. The maximum atomic E-state index is 11.4. The van der Waals surface area contributed by atoms with E-state index in [0.29, 0.717) is 41.1 Å². The molecule has 4 atom stereocenters. The standard InChI is InChI=1S/C33H40O8/c1-35-26-13-10-21(16-29(26)38-4)8-7-9-23-17-25(32(34)22-11-14-27(36-2)30(18-22)39-5)20-41-33(23)24-12-15-28(37-3)31(19-24)40-6/h7-8,10-16,18-19,23,25,32-34H,9,17,20H2,1-6H3/b8-7+/t23-,25+,32-,33+/m0/s1. The molecule has 3 aromatic rings. The van der Waals surface area contributed by atoms with Crippen LogP contribution in [0.3, 0.4) is 0 Å². The van der Waals surface area contributed by atoms with E-state index in [1.807, 2.05) is 54.6 Å². The van der Waals surface area contributed by atoms with Gasteiger partial charge in [-0.15, -0.1) is 0 Å². The minimum absolute atomic E-state index is 0.0954. The summed E-state index contributed by atoms with van der Waals surface area (Å²) in [6.07, 6.45) is 4.81. The summed E-state index contributed by atoms with van der Waals surface area (Å²) in [7, 11) is 9.68. The lowest BCUT2D eigenvalue weighted by atomic mass is 9.79. The summed E-state index contributed by atoms with van der Waals surface area (Å²) >= 11 is 0. The average molecular weight is 565 g/mol. The number of benzene rings is 3. The molecule has 1 aliphatic rings. The first-order valence-corrected chi connectivity index (χ1v) is 13.6. The van der Waals surface area contributed by atoms with Crippen LogP contribution in [0.2, 0.25) is 0 Å². The lowest BCUT2D eigenvalue weighted by molar-refractivity contribution is -0.0901. The van der Waals surface area contributed by atoms with Crippen molar-refractivity contribution in [3.05, 3.63) is 77.4 Å². The van der Waals surface area contributed by atoms with Gasteiger partial charge in [-0.2, -0.15) is 0 Å². The average Bonchev–Trinajstić information content (AvgIpc) is 3.03. The van der Waals surface area contributed by atoms with Crippen LogP contribution >= 0.6 is 0 Å². The highest BCUT2D eigenvalue weighted by Gasteiger charge is 2.36. The van der Waals surface area contributed by atoms with Gasteiger partial charge in [-0.3, -0.25) is 0 Å². The number of hydrogen-bond acceptors (Lipinski definition) is 8. The molecular weight excluding hydrogens is 524 g/mol. The van der Waals surface area contributed by atoms with Gasteiger partial charge < -0.3 is 38.3 Å². The molecule has 0 unspecified atom stereocenters. The summed E-state index contributed by atoms with van der Waals surface area (Å²) in [5, 5.41) is 11.4. The van der Waals surface area contributed by atoms with E-state index in [0.717, 1.165) is 29.5 Å². The zero-order valence-electron chi connectivity index (χ0n) is 24.6. The number of aliphatic hydroxyl groups excluding tert-OH is 1. The predicted octanol–water partition coefficient (Wildman–Crippen LogP) is 6.27. The van der Waals surface area contributed by atoms with E-state index in [-0.39, 0.29) is 17.9 Å². The Kier molecular flexibility index (Phi) is 10.4. The number of ether oxygens (including phenoxy) is 7. The van der Waals surface area contributed by atoms with Gasteiger partial charge in [-0.1, -0.05) is 30.4 Å². The van der Waals surface area contributed by atoms with Crippen LogP contribution in [-0.4, -0.2) is 54.4 Å². The maximum absolute atomic E-state index is 11.4. The van der Waals surface area contributed by atoms with E-state index in [9.17, 15) is 5.11 Å². The van der Waals surface area contributed by atoms with Crippen molar-refractivity contribution in [2.75, 3.05) is 49.3 Å². The predicted molar refractivity (Wildman–Crippen MR) is 158 cm³/mol. The molecule has 1 aliphatic heterocycles. The van der Waals surface area contributed by atoms with Crippen LogP contribution in [0.4, 0.5) is 0 Å². The summed E-state index contributed by atoms with van der Waals surface area (Å²) in [5.41, 5.74) is 2.77. The Morgan fingerprint density at radius 2 is 1.29 bits per heavy atom. The SMILES string of the molecule is COc1ccc(/C=C/C[C@H]2C[C@@H]([C@@H](O)c3ccc(OC)c(OC)c3)CO[C@H]2c2ccc(OC)c(OC)c2)cc1OC. The second-order valence-electron chi connectivity index (χ2n) is 9.94. The van der Waals surface area contributed by atoms with Crippen molar-refractivity contribution in [2.45, 2.75) is 25.0 Å². The van der Waals surface area contributed by atoms with Crippen molar-refractivity contribution >= 4 is 6.08 Å². The lowest BCUT2D eigenvalue weighted by Gasteiger charge is -2.38. The highest BCUT2D eigenvalue weighted by atomic mass is 16.5. The monoisotopic (exact) mass is 564 g/mol. The van der Waals surface area contributed by atoms with Crippen molar-refractivity contribution < 1.29 is 38.3 Å². The van der Waals surface area contributed by atoms with Crippen LogP contribution in [0.25, 0.3) is 6.08 Å². The summed E-state index contributed by atoms with van der Waals surface area (Å²) in [5.74, 6) is 3.87. The normalized spacial score (nSPS) is 19.4. The Hall–Kier alpha value is -3.88. The molecule has 1 fully saturated rings. The smallest absolute Gasteiger partial charge is 0.161 e. The Labute approximate surface area is 242 Å². The van der Waals surface area contributed by atoms with Crippen LogP contribution in [0.5, 0.6) is 34.5 Å². The van der Waals surface area contributed by atoms with Gasteiger partial charge in [0, 0.05) is 5.92 Å². The molecule has 4 rings (SSSR count). The first-order chi connectivity index (χ1) is 20.0. The number of allylic oxidation sites excluding steroid dienone is 1. The molecule has 3 aromatic carbocycles. The highest BCUT2D eigenvalue weighted by molar-refractivity contribution is 5.56. The summed E-state index contributed by atoms with van der Waals surface area (Å²) in [4.78, 5) is 0. The molecule has 0 radical (unpaired) electrons. The van der Waals surface area contributed by atoms with Gasteiger partial charge in [0.2, 0.25) is 0 Å². The fourth-order valence-electron chi connectivity index (χ4n) is 5.43. The fourth-order valence-corrected chi connectivity index (χ4v) is 5.43. The minimum atomic E-state index is -0.724. The first kappa shape index (κ1) is 30.1. The van der Waals surface area contributed by atoms with Crippen LogP contribution in [0.15, 0.2) is 60.7 Å². The molecule has 0 saturated carbocycles. The number of aliphatic hydroxyl groups is 1. The summed E-state index contributed by atoms with van der Waals surface area (Å²) < 4.78 is 39.1. The minimum Gasteiger partial charge on any atom is -0.493 e. The second-order valence-corrected chi connectivity index (χ2v) is 9.94. The van der Waals surface area contributed by atoms with E-state index < -0.39 is 6.10 Å². The third kappa shape index (κ3) is 6.89. The molecule has 0 spiro atoms. The zero-order chi connectivity index (χ0) is 29.4. The molecule has 8 heteroatoms. The highest BCUT2D eigenvalue weighted by Crippen LogP contribution is 2.44. The summed E-state index contributed by atoms with van der Waals surface area (Å²) in [6.45, 7) is 0.407. The quantitative estimate of drug-likeness (QED) is 0.276. The molecule has 0 bridgehead atoms. The Morgan fingerprint density at radius 3 is 1.93 bits per heavy atom. The largest absolute Gasteiger partial charge is 0.493 e. The van der Waals surface area contributed by atoms with Gasteiger partial charge in [0.15, 0.2) is 34.5 Å². The topological polar surface area (TPSA) is 84.8 Å². The van der Waals surface area contributed by atoms with E-state index >= 15 is 0 Å². The summed E-state index contributed by atoms with van der Waals surface area (Å²) in [6, 6.07) is 17.2. The van der Waals surface area contributed by atoms with E-state index in [1.54, 1.807) is 42.7 Å². The molecule has 220 valence electrons. The molecule has 0 aliphatic carbocycles. The molecule has 0 aromatic heterocycles. The Morgan fingerprint density at radius 1 is 0.732 bits per heavy atom. The van der Waals surface area contributed by atoms with Gasteiger partial charge in [0.1, 0.15) is 0 Å².